The van der Waals surface area contributed by atoms with Crippen molar-refractivity contribution in [3.8, 4) is 22.5 Å². The molecule has 2 nitrogen and oxygen atoms in total. The first kappa shape index (κ1) is 19.8. The summed E-state index contributed by atoms with van der Waals surface area (Å²) in [6.45, 7) is 2.36. The summed E-state index contributed by atoms with van der Waals surface area (Å²) in [7, 11) is -1.34. The fourth-order valence-corrected chi connectivity index (χ4v) is 4.60. The maximum Gasteiger partial charge on any atom is 0.0795 e. The van der Waals surface area contributed by atoms with Crippen molar-refractivity contribution in [2.24, 2.45) is 0 Å². The summed E-state index contributed by atoms with van der Waals surface area (Å²) in [6.07, 6.45) is 1.69. The van der Waals surface area contributed by atoms with Crippen LogP contribution in [0.3, 0.4) is 0 Å². The van der Waals surface area contributed by atoms with E-state index in [0.717, 1.165) is 11.3 Å². The zero-order chi connectivity index (χ0) is 33.0. The molecule has 0 aliphatic heterocycles. The van der Waals surface area contributed by atoms with Gasteiger partial charge in [-0.3, -0.25) is 0 Å². The number of hydrogen-bond donors (Lipinski definition) is 0. The number of aromatic nitrogens is 2. The van der Waals surface area contributed by atoms with Crippen LogP contribution in [0.5, 0.6) is 0 Å². The zero-order valence-electron chi connectivity index (χ0n) is 29.5. The van der Waals surface area contributed by atoms with Crippen LogP contribution >= 0.6 is 0 Å². The number of pyridine rings is 2. The first-order valence-corrected chi connectivity index (χ1v) is 15.5. The second kappa shape index (κ2) is 13.6. The maximum absolute atomic E-state index is 8.43. The minimum Gasteiger partial charge on any atom is -0.305 e. The Balaban J connectivity index is 0.000000251. The molecular formula is C34H34IrN2Si-2. The van der Waals surface area contributed by atoms with Crippen LogP contribution < -0.4 is 5.19 Å². The van der Waals surface area contributed by atoms with Gasteiger partial charge in [-0.2, -0.15) is 0 Å². The van der Waals surface area contributed by atoms with E-state index in [9.17, 15) is 0 Å². The maximum atomic E-state index is 8.43. The fraction of sp³-hybridized carbons (Fsp3) is 0.176. The molecule has 3 aromatic carbocycles. The second-order valence-corrected chi connectivity index (χ2v) is 14.6. The molecule has 5 rings (SSSR count). The predicted octanol–water partition coefficient (Wildman–Crippen LogP) is 7.85. The summed E-state index contributed by atoms with van der Waals surface area (Å²) >= 11 is 0. The van der Waals surface area contributed by atoms with E-state index in [0.29, 0.717) is 22.4 Å². The average molecular weight is 699 g/mol. The molecular weight excluding hydrogens is 657 g/mol. The Morgan fingerprint density at radius 1 is 0.789 bits per heavy atom. The molecule has 0 spiro atoms. The Morgan fingerprint density at radius 3 is 2.21 bits per heavy atom. The first-order chi connectivity index (χ1) is 21.0. The van der Waals surface area contributed by atoms with Crippen molar-refractivity contribution in [2.75, 3.05) is 0 Å². The second-order valence-electron chi connectivity index (χ2n) is 9.56. The molecule has 0 fully saturated rings. The van der Waals surface area contributed by atoms with Crippen molar-refractivity contribution in [3.05, 3.63) is 138 Å². The van der Waals surface area contributed by atoms with Gasteiger partial charge in [0.1, 0.15) is 0 Å². The van der Waals surface area contributed by atoms with Crippen molar-refractivity contribution in [1.29, 1.82) is 0 Å². The average Bonchev–Trinajstić information content (AvgIpc) is 3.01. The molecule has 0 amide bonds. The molecule has 0 saturated heterocycles. The number of rotatable bonds is 5. The van der Waals surface area contributed by atoms with Crippen LogP contribution in [0.25, 0.3) is 22.5 Å². The van der Waals surface area contributed by atoms with Crippen molar-refractivity contribution >= 4 is 13.3 Å². The molecule has 0 saturated carbocycles. The number of benzene rings is 3. The quantitative estimate of drug-likeness (QED) is 0.138. The minimum absolute atomic E-state index is 0. The Hall–Kier alpha value is -3.17. The molecule has 0 unspecified atom stereocenters. The van der Waals surface area contributed by atoms with Gasteiger partial charge in [0.25, 0.3) is 0 Å². The van der Waals surface area contributed by atoms with Crippen molar-refractivity contribution in [3.63, 3.8) is 0 Å². The van der Waals surface area contributed by atoms with Crippen LogP contribution in [0, 0.1) is 25.8 Å². The fourth-order valence-electron chi connectivity index (χ4n) is 3.56. The van der Waals surface area contributed by atoms with E-state index >= 15 is 0 Å². The third-order valence-corrected chi connectivity index (χ3v) is 7.67. The van der Waals surface area contributed by atoms with E-state index < -0.39 is 28.2 Å². The van der Waals surface area contributed by atoms with E-state index in [1.807, 2.05) is 18.3 Å². The van der Waals surface area contributed by atoms with Gasteiger partial charge in [-0.25, -0.2) is 0 Å². The number of hydrogen-bond acceptors (Lipinski definition) is 2. The Labute approximate surface area is 253 Å². The molecule has 5 aromatic rings. The molecule has 2 aromatic heterocycles. The predicted molar refractivity (Wildman–Crippen MR) is 159 cm³/mol. The van der Waals surface area contributed by atoms with Crippen LogP contribution in [-0.2, 0) is 26.5 Å². The van der Waals surface area contributed by atoms with Gasteiger partial charge in [-0.1, -0.05) is 93.5 Å². The number of nitrogens with zero attached hydrogens (tertiary/aromatic N) is 2. The van der Waals surface area contributed by atoms with Crippen LogP contribution in [0.1, 0.15) is 33.2 Å². The summed E-state index contributed by atoms with van der Waals surface area (Å²) < 4.78 is 62.4. The Bertz CT molecular complexity index is 1650. The molecule has 195 valence electrons. The third-order valence-electron chi connectivity index (χ3n) is 5.64. The summed E-state index contributed by atoms with van der Waals surface area (Å²) in [5, 5.41) is 1.31. The molecule has 2 heterocycles. The van der Waals surface area contributed by atoms with Gasteiger partial charge < -0.3 is 9.97 Å². The van der Waals surface area contributed by atoms with Gasteiger partial charge in [0.2, 0.25) is 0 Å². The molecule has 4 heteroatoms. The third kappa shape index (κ3) is 8.16. The van der Waals surface area contributed by atoms with E-state index in [1.54, 1.807) is 60.8 Å². The van der Waals surface area contributed by atoms with Gasteiger partial charge >= 0.3 is 0 Å². The van der Waals surface area contributed by atoms with E-state index in [4.69, 9.17) is 11.0 Å². The molecule has 0 bridgehead atoms. The zero-order valence-corrected chi connectivity index (χ0v) is 24.9. The SMILES string of the molecule is [2H]C([2H])([2H])c1c[c-]c(-c2ccc([Si](C)(C)C)cn2)cc1.[2H]C([2H])([2H])c1cc(C([2H])([2H])c2ccccc2)c[c-]c1-c1ccccn1.[Ir]. The van der Waals surface area contributed by atoms with Crippen LogP contribution in [0.4, 0.5) is 0 Å². The summed E-state index contributed by atoms with van der Waals surface area (Å²) in [6, 6.07) is 31.8. The van der Waals surface area contributed by atoms with E-state index in [1.165, 1.54) is 23.4 Å². The summed E-state index contributed by atoms with van der Waals surface area (Å²) in [4.78, 5) is 8.67. The van der Waals surface area contributed by atoms with Gasteiger partial charge in [-0.05, 0) is 29.0 Å². The Kier molecular flexibility index (Phi) is 7.08. The van der Waals surface area contributed by atoms with E-state index in [-0.39, 0.29) is 31.2 Å². The molecule has 0 atom stereocenters. The largest absolute Gasteiger partial charge is 0.305 e. The number of aryl methyl sites for hydroxylation is 2. The van der Waals surface area contributed by atoms with Crippen LogP contribution in [0.15, 0.2) is 103 Å². The van der Waals surface area contributed by atoms with Crippen molar-refractivity contribution in [1.82, 2.24) is 9.97 Å². The molecule has 1 radical (unpaired) electrons. The molecule has 38 heavy (non-hydrogen) atoms. The molecule has 0 N–H and O–H groups in total. The smallest absolute Gasteiger partial charge is 0.0795 e. The van der Waals surface area contributed by atoms with Crippen molar-refractivity contribution in [2.45, 2.75) is 39.7 Å². The van der Waals surface area contributed by atoms with Crippen LogP contribution in [-0.4, -0.2) is 18.0 Å². The summed E-state index contributed by atoms with van der Waals surface area (Å²) in [5.74, 6) is 0. The minimum atomic E-state index is -2.40. The topological polar surface area (TPSA) is 25.8 Å². The van der Waals surface area contributed by atoms with E-state index in [2.05, 4.69) is 47.8 Å². The van der Waals surface area contributed by atoms with Gasteiger partial charge in [0.15, 0.2) is 0 Å². The van der Waals surface area contributed by atoms with Crippen molar-refractivity contribution < 1.29 is 31.1 Å². The van der Waals surface area contributed by atoms with Gasteiger partial charge in [-0.15, -0.1) is 70.3 Å². The molecule has 0 aliphatic rings. The summed E-state index contributed by atoms with van der Waals surface area (Å²) in [5.41, 5.74) is 3.58. The standard InChI is InChI=1S/C19H16N.C15H18NSi.Ir/c1-15-13-17(14-16-7-3-2-4-8-16)10-11-18(15)19-9-5-6-12-20-19;1-12-5-7-13(8-6-12)15-10-9-14(11-16-15)17(2,3)4;/h2-10,12-13H,14H2,1H3;5-7,9-11H,1-4H3;/q2*-1;/i1D3,14D2;1D3;. The van der Waals surface area contributed by atoms with Gasteiger partial charge in [0, 0.05) is 43.5 Å². The first-order valence-electron chi connectivity index (χ1n) is 16.0. The normalized spacial score (nSPS) is 14.8. The Morgan fingerprint density at radius 2 is 1.61 bits per heavy atom. The monoisotopic (exact) mass is 699 g/mol. The van der Waals surface area contributed by atoms with Crippen LogP contribution in [0.2, 0.25) is 19.6 Å². The van der Waals surface area contributed by atoms with Gasteiger partial charge in [0.05, 0.1) is 8.07 Å². The molecule has 0 aliphatic carbocycles.